The van der Waals surface area contributed by atoms with Crippen molar-refractivity contribution in [2.45, 2.75) is 25.8 Å². The Balaban J connectivity index is 0.000000361. The van der Waals surface area contributed by atoms with E-state index in [-0.39, 0.29) is 31.8 Å². The molecule has 1 rings (SSSR count). The van der Waals surface area contributed by atoms with Crippen molar-refractivity contribution in [2.75, 3.05) is 52.6 Å². The minimum atomic E-state index is -0.0972. The molecule has 0 aromatic carbocycles. The van der Waals surface area contributed by atoms with Gasteiger partial charge in [-0.2, -0.15) is 0 Å². The van der Waals surface area contributed by atoms with Crippen LogP contribution in [0.3, 0.4) is 0 Å². The maximum Gasteiger partial charge on any atom is 0.323 e. The SMILES string of the molecule is CCOC(=O)C1CCCN1.OCCN(CCO)CCO. The van der Waals surface area contributed by atoms with Crippen molar-refractivity contribution >= 4 is 5.97 Å². The molecule has 4 N–H and O–H groups in total. The van der Waals surface area contributed by atoms with Crippen LogP contribution < -0.4 is 5.32 Å². The molecule has 0 spiro atoms. The Bertz CT molecular complexity index is 221. The van der Waals surface area contributed by atoms with Crippen LogP contribution in [0.2, 0.25) is 0 Å². The van der Waals surface area contributed by atoms with Crippen LogP contribution in [0, 0.1) is 0 Å². The largest absolute Gasteiger partial charge is 0.465 e. The fourth-order valence-corrected chi connectivity index (χ4v) is 1.89. The standard InChI is InChI=1S/C7H13NO2.C6H15NO3/c1-2-10-7(9)6-4-3-5-8-6;8-4-1-7(2-5-9)3-6-10/h6,8H,2-5H2,1H3;8-10H,1-6H2. The van der Waals surface area contributed by atoms with Crippen molar-refractivity contribution in [1.29, 1.82) is 0 Å². The normalized spacial score (nSPS) is 17.8. The van der Waals surface area contributed by atoms with Gasteiger partial charge in [0.1, 0.15) is 6.04 Å². The first kappa shape index (κ1) is 19.3. The summed E-state index contributed by atoms with van der Waals surface area (Å²) in [5.41, 5.74) is 0. The Morgan fingerprint density at radius 3 is 2.10 bits per heavy atom. The highest BCUT2D eigenvalue weighted by atomic mass is 16.5. The van der Waals surface area contributed by atoms with E-state index >= 15 is 0 Å². The molecular weight excluding hydrogens is 264 g/mol. The molecule has 0 bridgehead atoms. The number of nitrogens with zero attached hydrogens (tertiary/aromatic N) is 1. The van der Waals surface area contributed by atoms with E-state index in [2.05, 4.69) is 5.32 Å². The topological polar surface area (TPSA) is 102 Å². The zero-order valence-corrected chi connectivity index (χ0v) is 12.3. The van der Waals surface area contributed by atoms with Crippen molar-refractivity contribution in [3.8, 4) is 0 Å². The van der Waals surface area contributed by atoms with Gasteiger partial charge in [0.05, 0.1) is 26.4 Å². The van der Waals surface area contributed by atoms with Crippen LogP contribution in [-0.4, -0.2) is 84.8 Å². The zero-order chi connectivity index (χ0) is 15.2. The molecule has 1 atom stereocenters. The van der Waals surface area contributed by atoms with Gasteiger partial charge in [0.15, 0.2) is 0 Å². The number of hydrogen-bond donors (Lipinski definition) is 4. The highest BCUT2D eigenvalue weighted by molar-refractivity contribution is 5.76. The van der Waals surface area contributed by atoms with Crippen LogP contribution in [-0.2, 0) is 9.53 Å². The summed E-state index contributed by atoms with van der Waals surface area (Å²) in [6.45, 7) is 5.01. The molecule has 1 aliphatic rings. The maximum absolute atomic E-state index is 11.0. The Labute approximate surface area is 120 Å². The summed E-state index contributed by atoms with van der Waals surface area (Å²) in [6.07, 6.45) is 2.02. The molecule has 0 aromatic rings. The first-order chi connectivity index (χ1) is 9.69. The summed E-state index contributed by atoms with van der Waals surface area (Å²) in [7, 11) is 0. The van der Waals surface area contributed by atoms with Gasteiger partial charge >= 0.3 is 5.97 Å². The summed E-state index contributed by atoms with van der Waals surface area (Å²) in [6, 6.07) is -0.0278. The second kappa shape index (κ2) is 13.3. The second-order valence-electron chi connectivity index (χ2n) is 4.41. The Kier molecular flexibility index (Phi) is 12.8. The average Bonchev–Trinajstić information content (AvgIpc) is 2.95. The lowest BCUT2D eigenvalue weighted by Crippen LogP contribution is -2.32. The molecule has 1 fully saturated rings. The maximum atomic E-state index is 11.0. The van der Waals surface area contributed by atoms with Crippen molar-refractivity contribution in [1.82, 2.24) is 10.2 Å². The molecule has 7 heteroatoms. The van der Waals surface area contributed by atoms with Gasteiger partial charge in [0.2, 0.25) is 0 Å². The van der Waals surface area contributed by atoms with E-state index in [4.69, 9.17) is 20.1 Å². The van der Waals surface area contributed by atoms with E-state index in [0.717, 1.165) is 19.4 Å². The van der Waals surface area contributed by atoms with Crippen LogP contribution in [0.25, 0.3) is 0 Å². The molecule has 20 heavy (non-hydrogen) atoms. The lowest BCUT2D eigenvalue weighted by atomic mass is 10.2. The molecular formula is C13H28N2O5. The van der Waals surface area contributed by atoms with Gasteiger partial charge in [-0.15, -0.1) is 0 Å². The number of rotatable bonds is 8. The van der Waals surface area contributed by atoms with Crippen LogP contribution >= 0.6 is 0 Å². The highest BCUT2D eigenvalue weighted by Gasteiger charge is 2.22. The molecule has 1 saturated heterocycles. The third-order valence-corrected chi connectivity index (χ3v) is 2.88. The predicted molar refractivity (Wildman–Crippen MR) is 75.4 cm³/mol. The van der Waals surface area contributed by atoms with Gasteiger partial charge in [-0.25, -0.2) is 0 Å². The lowest BCUT2D eigenvalue weighted by molar-refractivity contribution is -0.145. The van der Waals surface area contributed by atoms with Crippen LogP contribution in [0.1, 0.15) is 19.8 Å². The van der Waals surface area contributed by atoms with Gasteiger partial charge in [-0.3, -0.25) is 9.69 Å². The zero-order valence-electron chi connectivity index (χ0n) is 12.3. The number of esters is 1. The first-order valence-electron chi connectivity index (χ1n) is 7.14. The summed E-state index contributed by atoms with van der Waals surface area (Å²) in [4.78, 5) is 12.8. The average molecular weight is 292 g/mol. The Morgan fingerprint density at radius 1 is 1.20 bits per heavy atom. The predicted octanol–water partition coefficient (Wildman–Crippen LogP) is -1.43. The number of carbonyl (C=O) groups excluding carboxylic acids is 1. The van der Waals surface area contributed by atoms with Gasteiger partial charge < -0.3 is 25.4 Å². The van der Waals surface area contributed by atoms with E-state index in [1.807, 2.05) is 6.92 Å². The fraction of sp³-hybridized carbons (Fsp3) is 0.923. The van der Waals surface area contributed by atoms with Crippen molar-refractivity contribution in [3.63, 3.8) is 0 Å². The van der Waals surface area contributed by atoms with Crippen LogP contribution in [0.5, 0.6) is 0 Å². The number of aliphatic hydroxyl groups excluding tert-OH is 3. The molecule has 0 amide bonds. The molecule has 1 heterocycles. The molecule has 120 valence electrons. The Morgan fingerprint density at radius 2 is 1.75 bits per heavy atom. The van der Waals surface area contributed by atoms with Crippen LogP contribution in [0.15, 0.2) is 0 Å². The third kappa shape index (κ3) is 9.22. The summed E-state index contributed by atoms with van der Waals surface area (Å²) < 4.78 is 4.82. The Hall–Kier alpha value is -0.730. The van der Waals surface area contributed by atoms with Gasteiger partial charge in [0.25, 0.3) is 0 Å². The molecule has 0 radical (unpaired) electrons. The fourth-order valence-electron chi connectivity index (χ4n) is 1.89. The minimum absolute atomic E-state index is 0.0278. The van der Waals surface area contributed by atoms with E-state index < -0.39 is 0 Å². The van der Waals surface area contributed by atoms with Gasteiger partial charge in [-0.1, -0.05) is 0 Å². The number of ether oxygens (including phenoxy) is 1. The van der Waals surface area contributed by atoms with Crippen molar-refractivity contribution in [3.05, 3.63) is 0 Å². The van der Waals surface area contributed by atoms with Crippen LogP contribution in [0.4, 0.5) is 0 Å². The van der Waals surface area contributed by atoms with E-state index in [9.17, 15) is 4.79 Å². The lowest BCUT2D eigenvalue weighted by Gasteiger charge is -2.17. The van der Waals surface area contributed by atoms with Gasteiger partial charge in [0, 0.05) is 19.6 Å². The third-order valence-electron chi connectivity index (χ3n) is 2.88. The smallest absolute Gasteiger partial charge is 0.323 e. The molecule has 0 aromatic heterocycles. The van der Waals surface area contributed by atoms with Gasteiger partial charge in [-0.05, 0) is 26.3 Å². The molecule has 0 aliphatic carbocycles. The van der Waals surface area contributed by atoms with Crippen molar-refractivity contribution in [2.24, 2.45) is 0 Å². The number of nitrogens with one attached hydrogen (secondary N) is 1. The van der Waals surface area contributed by atoms with E-state index in [1.165, 1.54) is 0 Å². The first-order valence-corrected chi connectivity index (χ1v) is 7.14. The van der Waals surface area contributed by atoms with E-state index in [0.29, 0.717) is 26.2 Å². The monoisotopic (exact) mass is 292 g/mol. The summed E-state index contributed by atoms with van der Waals surface area (Å²) in [5.74, 6) is -0.0972. The highest BCUT2D eigenvalue weighted by Crippen LogP contribution is 2.05. The summed E-state index contributed by atoms with van der Waals surface area (Å²) >= 11 is 0. The van der Waals surface area contributed by atoms with Crippen molar-refractivity contribution < 1.29 is 24.9 Å². The number of hydrogen-bond acceptors (Lipinski definition) is 7. The quantitative estimate of drug-likeness (QED) is 0.407. The molecule has 1 aliphatic heterocycles. The molecule has 0 saturated carbocycles. The minimum Gasteiger partial charge on any atom is -0.465 e. The number of carbonyl (C=O) groups is 1. The molecule has 7 nitrogen and oxygen atoms in total. The summed E-state index contributed by atoms with van der Waals surface area (Å²) in [5, 5.41) is 28.5. The van der Waals surface area contributed by atoms with E-state index in [1.54, 1.807) is 4.90 Å². The number of aliphatic hydroxyl groups is 3. The second-order valence-corrected chi connectivity index (χ2v) is 4.41. The molecule has 1 unspecified atom stereocenters.